The summed E-state index contributed by atoms with van der Waals surface area (Å²) in [6.45, 7) is 3.25. The fourth-order valence-corrected chi connectivity index (χ4v) is 2.68. The summed E-state index contributed by atoms with van der Waals surface area (Å²) >= 11 is 0. The van der Waals surface area contributed by atoms with Gasteiger partial charge in [0.05, 0.1) is 5.69 Å². The third kappa shape index (κ3) is 4.29. The lowest BCUT2D eigenvalue weighted by atomic mass is 10.2. The van der Waals surface area contributed by atoms with Crippen molar-refractivity contribution in [3.8, 4) is 5.75 Å². The van der Waals surface area contributed by atoms with Crippen LogP contribution in [0.4, 0.5) is 16.2 Å². The Bertz CT molecular complexity index is 762. The van der Waals surface area contributed by atoms with Crippen LogP contribution in [0, 0.1) is 0 Å². The molecule has 0 saturated carbocycles. The number of nitrogens with one attached hydrogen (secondary N) is 2. The molecule has 0 spiro atoms. The van der Waals surface area contributed by atoms with Crippen molar-refractivity contribution in [2.45, 2.75) is 19.9 Å². The topological polar surface area (TPSA) is 70.7 Å². The lowest BCUT2D eigenvalue weighted by Gasteiger charge is -2.23. The van der Waals surface area contributed by atoms with E-state index in [0.29, 0.717) is 30.2 Å². The van der Waals surface area contributed by atoms with Crippen molar-refractivity contribution in [3.05, 3.63) is 54.1 Å². The molecule has 1 aliphatic heterocycles. The van der Waals surface area contributed by atoms with Gasteiger partial charge in [-0.25, -0.2) is 4.79 Å². The number of anilines is 2. The first-order chi connectivity index (χ1) is 12.2. The predicted molar refractivity (Wildman–Crippen MR) is 96.7 cm³/mol. The lowest BCUT2D eigenvalue weighted by molar-refractivity contribution is -0.118. The SMILES string of the molecule is CCCN(Cc1ccccc1)C(=O)Nc1ccc2c(c1)OCC(=O)N2. The van der Waals surface area contributed by atoms with Crippen molar-refractivity contribution in [2.24, 2.45) is 0 Å². The van der Waals surface area contributed by atoms with E-state index in [2.05, 4.69) is 10.6 Å². The molecule has 0 unspecified atom stereocenters. The van der Waals surface area contributed by atoms with Gasteiger partial charge >= 0.3 is 6.03 Å². The van der Waals surface area contributed by atoms with Gasteiger partial charge in [0.25, 0.3) is 5.91 Å². The standard InChI is InChI=1S/C19H21N3O3/c1-2-10-22(12-14-6-4-3-5-7-14)19(24)20-15-8-9-16-17(11-15)25-13-18(23)21-16/h3-9,11H,2,10,12-13H2,1H3,(H,20,24)(H,21,23). The van der Waals surface area contributed by atoms with Gasteiger partial charge in [-0.05, 0) is 24.1 Å². The maximum absolute atomic E-state index is 12.6. The largest absolute Gasteiger partial charge is 0.482 e. The first-order valence-corrected chi connectivity index (χ1v) is 8.32. The zero-order valence-electron chi connectivity index (χ0n) is 14.1. The second-order valence-electron chi connectivity index (χ2n) is 5.89. The Hall–Kier alpha value is -3.02. The molecule has 2 N–H and O–H groups in total. The monoisotopic (exact) mass is 339 g/mol. The molecule has 2 aromatic rings. The summed E-state index contributed by atoms with van der Waals surface area (Å²) in [5.74, 6) is 0.378. The molecule has 3 rings (SSSR count). The molecule has 1 heterocycles. The Morgan fingerprint density at radius 3 is 2.80 bits per heavy atom. The summed E-state index contributed by atoms with van der Waals surface area (Å²) in [5.41, 5.74) is 2.33. The zero-order chi connectivity index (χ0) is 17.6. The molecule has 0 aliphatic carbocycles. The van der Waals surface area contributed by atoms with E-state index in [-0.39, 0.29) is 18.5 Å². The van der Waals surface area contributed by atoms with Gasteiger partial charge in [0, 0.05) is 24.8 Å². The molecule has 25 heavy (non-hydrogen) atoms. The number of hydrogen-bond acceptors (Lipinski definition) is 3. The van der Waals surface area contributed by atoms with Crippen LogP contribution in [0.25, 0.3) is 0 Å². The molecule has 6 heteroatoms. The van der Waals surface area contributed by atoms with Crippen LogP contribution in [-0.4, -0.2) is 30.0 Å². The third-order valence-electron chi connectivity index (χ3n) is 3.86. The maximum atomic E-state index is 12.6. The van der Waals surface area contributed by atoms with E-state index >= 15 is 0 Å². The van der Waals surface area contributed by atoms with Crippen molar-refractivity contribution in [1.29, 1.82) is 0 Å². The highest BCUT2D eigenvalue weighted by atomic mass is 16.5. The number of fused-ring (bicyclic) bond motifs is 1. The van der Waals surface area contributed by atoms with Gasteiger partial charge < -0.3 is 20.3 Å². The highest BCUT2D eigenvalue weighted by molar-refractivity contribution is 5.96. The quantitative estimate of drug-likeness (QED) is 0.876. The van der Waals surface area contributed by atoms with Gasteiger partial charge in [-0.15, -0.1) is 0 Å². The molecular formula is C19H21N3O3. The molecule has 130 valence electrons. The molecule has 0 aromatic heterocycles. The summed E-state index contributed by atoms with van der Waals surface area (Å²) in [6.07, 6.45) is 0.875. The van der Waals surface area contributed by atoms with Crippen LogP contribution >= 0.6 is 0 Å². The molecule has 0 saturated heterocycles. The molecule has 0 radical (unpaired) electrons. The van der Waals surface area contributed by atoms with Gasteiger partial charge in [-0.2, -0.15) is 0 Å². The Balaban J connectivity index is 1.69. The fraction of sp³-hybridized carbons (Fsp3) is 0.263. The van der Waals surface area contributed by atoms with Crippen LogP contribution in [0.5, 0.6) is 5.75 Å². The molecule has 0 atom stereocenters. The summed E-state index contributed by atoms with van der Waals surface area (Å²) in [5, 5.41) is 5.63. The van der Waals surface area contributed by atoms with E-state index in [1.165, 1.54) is 0 Å². The van der Waals surface area contributed by atoms with E-state index in [9.17, 15) is 9.59 Å². The fourth-order valence-electron chi connectivity index (χ4n) is 2.68. The number of hydrogen-bond donors (Lipinski definition) is 2. The van der Waals surface area contributed by atoms with Crippen LogP contribution in [0.3, 0.4) is 0 Å². The third-order valence-corrected chi connectivity index (χ3v) is 3.86. The van der Waals surface area contributed by atoms with Crippen molar-refractivity contribution in [3.63, 3.8) is 0 Å². The van der Waals surface area contributed by atoms with Gasteiger partial charge in [-0.3, -0.25) is 4.79 Å². The minimum atomic E-state index is -0.179. The summed E-state index contributed by atoms with van der Waals surface area (Å²) < 4.78 is 5.38. The molecule has 6 nitrogen and oxygen atoms in total. The molecule has 2 aromatic carbocycles. The minimum absolute atomic E-state index is 0.0135. The van der Waals surface area contributed by atoms with Crippen LogP contribution in [-0.2, 0) is 11.3 Å². The van der Waals surface area contributed by atoms with E-state index in [0.717, 1.165) is 12.0 Å². The van der Waals surface area contributed by atoms with Gasteiger partial charge in [0.2, 0.25) is 0 Å². The maximum Gasteiger partial charge on any atom is 0.322 e. The van der Waals surface area contributed by atoms with E-state index in [4.69, 9.17) is 4.74 Å². The average molecular weight is 339 g/mol. The highest BCUT2D eigenvalue weighted by Gasteiger charge is 2.18. The smallest absolute Gasteiger partial charge is 0.322 e. The van der Waals surface area contributed by atoms with Crippen LogP contribution < -0.4 is 15.4 Å². The highest BCUT2D eigenvalue weighted by Crippen LogP contribution is 2.30. The van der Waals surface area contributed by atoms with Gasteiger partial charge in [0.1, 0.15) is 5.75 Å². The minimum Gasteiger partial charge on any atom is -0.482 e. The number of rotatable bonds is 5. The van der Waals surface area contributed by atoms with Crippen molar-refractivity contribution in [1.82, 2.24) is 4.90 Å². The summed E-state index contributed by atoms with van der Waals surface area (Å²) in [4.78, 5) is 25.7. The first-order valence-electron chi connectivity index (χ1n) is 8.32. The Kier molecular flexibility index (Phi) is 5.18. The molecule has 3 amide bonds. The van der Waals surface area contributed by atoms with Crippen LogP contribution in [0.15, 0.2) is 48.5 Å². The second kappa shape index (κ2) is 7.70. The molecule has 0 bridgehead atoms. The molecular weight excluding hydrogens is 318 g/mol. The zero-order valence-corrected chi connectivity index (χ0v) is 14.1. The Labute approximate surface area is 146 Å². The average Bonchev–Trinajstić information content (AvgIpc) is 2.62. The van der Waals surface area contributed by atoms with Gasteiger partial charge in [0.15, 0.2) is 6.61 Å². The number of carbonyl (C=O) groups is 2. The normalized spacial score (nSPS) is 12.6. The number of benzene rings is 2. The predicted octanol–water partition coefficient (Wildman–Crippen LogP) is 3.46. The van der Waals surface area contributed by atoms with Crippen molar-refractivity contribution < 1.29 is 14.3 Å². The van der Waals surface area contributed by atoms with Crippen LogP contribution in [0.2, 0.25) is 0 Å². The number of amides is 3. The number of urea groups is 1. The number of ether oxygens (including phenoxy) is 1. The number of nitrogens with zero attached hydrogens (tertiary/aromatic N) is 1. The Morgan fingerprint density at radius 1 is 1.24 bits per heavy atom. The second-order valence-corrected chi connectivity index (χ2v) is 5.89. The van der Waals surface area contributed by atoms with Crippen molar-refractivity contribution in [2.75, 3.05) is 23.8 Å². The van der Waals surface area contributed by atoms with Crippen molar-refractivity contribution >= 4 is 23.3 Å². The van der Waals surface area contributed by atoms with Crippen LogP contribution in [0.1, 0.15) is 18.9 Å². The Morgan fingerprint density at radius 2 is 2.04 bits per heavy atom. The lowest BCUT2D eigenvalue weighted by Crippen LogP contribution is -2.35. The first kappa shape index (κ1) is 16.8. The van der Waals surface area contributed by atoms with Gasteiger partial charge in [-0.1, -0.05) is 37.3 Å². The summed E-state index contributed by atoms with van der Waals surface area (Å²) in [6, 6.07) is 14.9. The van der Waals surface area contributed by atoms with E-state index < -0.39 is 0 Å². The molecule has 1 aliphatic rings. The number of carbonyl (C=O) groups excluding carboxylic acids is 2. The molecule has 0 fully saturated rings. The van der Waals surface area contributed by atoms with E-state index in [1.54, 1.807) is 23.1 Å². The summed E-state index contributed by atoms with van der Waals surface area (Å²) in [7, 11) is 0. The van der Waals surface area contributed by atoms with E-state index in [1.807, 2.05) is 37.3 Å².